The maximum Gasteiger partial charge on any atom is 0.321 e. The Kier molecular flexibility index (Phi) is 5.33. The average Bonchev–Trinajstić information content (AvgIpc) is 2.60. The first kappa shape index (κ1) is 17.0. The maximum atomic E-state index is 12.2. The van der Waals surface area contributed by atoms with Crippen molar-refractivity contribution in [2.45, 2.75) is 26.3 Å². The number of anilines is 1. The van der Waals surface area contributed by atoms with Gasteiger partial charge in [-0.15, -0.1) is 0 Å². The second-order valence-corrected chi connectivity index (χ2v) is 6.37. The van der Waals surface area contributed by atoms with Crippen LogP contribution in [0.5, 0.6) is 0 Å². The van der Waals surface area contributed by atoms with Crippen molar-refractivity contribution in [3.8, 4) is 0 Å². The van der Waals surface area contributed by atoms with E-state index in [4.69, 9.17) is 0 Å². The van der Waals surface area contributed by atoms with E-state index in [2.05, 4.69) is 35.8 Å². The molecule has 0 atom stereocenters. The number of imide groups is 1. The molecule has 0 unspecified atom stereocenters. The number of urea groups is 1. The smallest absolute Gasteiger partial charge is 0.321 e. The summed E-state index contributed by atoms with van der Waals surface area (Å²) in [5, 5.41) is 5.11. The van der Waals surface area contributed by atoms with E-state index in [9.17, 15) is 9.59 Å². The van der Waals surface area contributed by atoms with Crippen LogP contribution in [0.3, 0.4) is 0 Å². The molecule has 2 aromatic rings. The molecule has 0 radical (unpaired) electrons. The molecule has 5 heteroatoms. The fraction of sp³-hybridized carbons (Fsp3) is 0.300. The molecule has 3 amide bonds. The molecule has 0 aromatic heterocycles. The highest BCUT2D eigenvalue weighted by Gasteiger charge is 2.19. The molecule has 0 bridgehead atoms. The highest BCUT2D eigenvalue weighted by molar-refractivity contribution is 5.96. The molecule has 1 aliphatic heterocycles. The summed E-state index contributed by atoms with van der Waals surface area (Å²) in [5.74, 6) is -0.293. The Morgan fingerprint density at radius 2 is 1.92 bits per heavy atom. The number of carbonyl (C=O) groups is 2. The van der Waals surface area contributed by atoms with Gasteiger partial charge in [0.25, 0.3) is 0 Å². The number of amides is 3. The van der Waals surface area contributed by atoms with Crippen LogP contribution >= 0.6 is 0 Å². The van der Waals surface area contributed by atoms with Crippen molar-refractivity contribution in [1.29, 1.82) is 0 Å². The lowest BCUT2D eigenvalue weighted by Crippen LogP contribution is -2.45. The minimum atomic E-state index is -0.463. The summed E-state index contributed by atoms with van der Waals surface area (Å²) >= 11 is 0. The van der Waals surface area contributed by atoms with E-state index < -0.39 is 6.03 Å². The van der Waals surface area contributed by atoms with Crippen molar-refractivity contribution in [1.82, 2.24) is 10.6 Å². The van der Waals surface area contributed by atoms with Gasteiger partial charge < -0.3 is 10.2 Å². The predicted molar refractivity (Wildman–Crippen MR) is 98.5 cm³/mol. The van der Waals surface area contributed by atoms with Crippen LogP contribution in [0.2, 0.25) is 0 Å². The molecular weight excluding hydrogens is 314 g/mol. The number of hydrogen-bond donors (Lipinski definition) is 2. The molecule has 0 fully saturated rings. The van der Waals surface area contributed by atoms with Gasteiger partial charge in [0.2, 0.25) is 5.91 Å². The van der Waals surface area contributed by atoms with Crippen LogP contribution in [0.4, 0.5) is 10.5 Å². The summed E-state index contributed by atoms with van der Waals surface area (Å²) in [6.07, 6.45) is 2.05. The van der Waals surface area contributed by atoms with E-state index in [0.29, 0.717) is 6.54 Å². The number of aryl methyl sites for hydroxylation is 2. The maximum absolute atomic E-state index is 12.2. The highest BCUT2D eigenvalue weighted by atomic mass is 16.2. The summed E-state index contributed by atoms with van der Waals surface area (Å²) in [6, 6.07) is 15.4. The van der Waals surface area contributed by atoms with Crippen LogP contribution in [0.25, 0.3) is 0 Å². The number of rotatable bonds is 4. The number of nitrogens with one attached hydrogen (secondary N) is 2. The fourth-order valence-corrected chi connectivity index (χ4v) is 3.13. The van der Waals surface area contributed by atoms with Crippen molar-refractivity contribution in [3.05, 3.63) is 65.2 Å². The van der Waals surface area contributed by atoms with E-state index in [-0.39, 0.29) is 12.5 Å². The van der Waals surface area contributed by atoms with Gasteiger partial charge in [0.1, 0.15) is 0 Å². The number of carbonyl (C=O) groups excluding carboxylic acids is 2. The molecule has 2 N–H and O–H groups in total. The summed E-state index contributed by atoms with van der Waals surface area (Å²) in [5.41, 5.74) is 4.58. The lowest BCUT2D eigenvalue weighted by Gasteiger charge is -2.30. The SMILES string of the molecule is Cc1ccc2c(c1)CCCN2CC(=O)NC(=O)NCc1ccccc1. The Hall–Kier alpha value is -2.82. The summed E-state index contributed by atoms with van der Waals surface area (Å²) in [7, 11) is 0. The minimum absolute atomic E-state index is 0.189. The summed E-state index contributed by atoms with van der Waals surface area (Å²) in [6.45, 7) is 3.48. The van der Waals surface area contributed by atoms with Gasteiger partial charge >= 0.3 is 6.03 Å². The highest BCUT2D eigenvalue weighted by Crippen LogP contribution is 2.27. The van der Waals surface area contributed by atoms with E-state index in [1.807, 2.05) is 35.2 Å². The van der Waals surface area contributed by atoms with Gasteiger partial charge in [0.05, 0.1) is 6.54 Å². The first-order valence-electron chi connectivity index (χ1n) is 8.58. The van der Waals surface area contributed by atoms with Crippen molar-refractivity contribution in [3.63, 3.8) is 0 Å². The topological polar surface area (TPSA) is 61.4 Å². The zero-order valence-electron chi connectivity index (χ0n) is 14.4. The second-order valence-electron chi connectivity index (χ2n) is 6.37. The molecule has 0 aliphatic carbocycles. The Morgan fingerprint density at radius 1 is 1.12 bits per heavy atom. The summed E-state index contributed by atoms with van der Waals surface area (Å²) < 4.78 is 0. The monoisotopic (exact) mass is 337 g/mol. The number of benzene rings is 2. The third-order valence-corrected chi connectivity index (χ3v) is 4.33. The van der Waals surface area contributed by atoms with Crippen molar-refractivity contribution < 1.29 is 9.59 Å². The Labute approximate surface area is 148 Å². The largest absolute Gasteiger partial charge is 0.362 e. The second kappa shape index (κ2) is 7.83. The van der Waals surface area contributed by atoms with Crippen molar-refractivity contribution in [2.75, 3.05) is 18.0 Å². The molecule has 130 valence electrons. The van der Waals surface area contributed by atoms with E-state index in [1.54, 1.807) is 0 Å². The predicted octanol–water partition coefficient (Wildman–Crippen LogP) is 2.77. The quantitative estimate of drug-likeness (QED) is 0.902. The van der Waals surface area contributed by atoms with Gasteiger partial charge in [0, 0.05) is 18.8 Å². The Bertz CT molecular complexity index is 759. The molecule has 25 heavy (non-hydrogen) atoms. The average molecular weight is 337 g/mol. The van der Waals surface area contributed by atoms with Gasteiger partial charge in [-0.2, -0.15) is 0 Å². The van der Waals surface area contributed by atoms with Crippen molar-refractivity contribution >= 4 is 17.6 Å². The van der Waals surface area contributed by atoms with Crippen molar-refractivity contribution in [2.24, 2.45) is 0 Å². The van der Waals surface area contributed by atoms with Gasteiger partial charge in [0.15, 0.2) is 0 Å². The molecule has 3 rings (SSSR count). The lowest BCUT2D eigenvalue weighted by molar-refractivity contribution is -0.118. The normalized spacial score (nSPS) is 13.1. The van der Waals surface area contributed by atoms with E-state index in [0.717, 1.165) is 30.6 Å². The van der Waals surface area contributed by atoms with Crippen LogP contribution in [-0.2, 0) is 17.8 Å². The first-order chi connectivity index (χ1) is 12.1. The van der Waals surface area contributed by atoms with Crippen LogP contribution < -0.4 is 15.5 Å². The summed E-state index contributed by atoms with van der Waals surface area (Å²) in [4.78, 5) is 26.1. The zero-order chi connectivity index (χ0) is 17.6. The lowest BCUT2D eigenvalue weighted by atomic mass is 9.99. The molecule has 1 heterocycles. The first-order valence-corrected chi connectivity index (χ1v) is 8.58. The van der Waals surface area contributed by atoms with Gasteiger partial charge in [-0.05, 0) is 37.0 Å². The van der Waals surface area contributed by atoms with Crippen LogP contribution in [0.15, 0.2) is 48.5 Å². The molecule has 0 saturated carbocycles. The van der Waals surface area contributed by atoms with E-state index in [1.165, 1.54) is 11.1 Å². The zero-order valence-corrected chi connectivity index (χ0v) is 14.4. The van der Waals surface area contributed by atoms with Crippen LogP contribution in [-0.4, -0.2) is 25.0 Å². The van der Waals surface area contributed by atoms with E-state index >= 15 is 0 Å². The molecule has 1 aliphatic rings. The molecule has 0 saturated heterocycles. The van der Waals surface area contributed by atoms with Gasteiger partial charge in [-0.3, -0.25) is 10.1 Å². The molecule has 0 spiro atoms. The van der Waals surface area contributed by atoms with Gasteiger partial charge in [-0.25, -0.2) is 4.79 Å². The number of hydrogen-bond acceptors (Lipinski definition) is 3. The fourth-order valence-electron chi connectivity index (χ4n) is 3.13. The minimum Gasteiger partial charge on any atom is -0.362 e. The Morgan fingerprint density at radius 3 is 2.72 bits per heavy atom. The molecule has 5 nitrogen and oxygen atoms in total. The standard InChI is InChI=1S/C20H23N3O2/c1-15-9-10-18-17(12-15)8-5-11-23(18)14-19(24)22-20(25)21-13-16-6-3-2-4-7-16/h2-4,6-7,9-10,12H,5,8,11,13-14H2,1H3,(H2,21,22,24,25). The van der Waals surface area contributed by atoms with Crippen LogP contribution in [0.1, 0.15) is 23.1 Å². The third-order valence-electron chi connectivity index (χ3n) is 4.33. The number of fused-ring (bicyclic) bond motifs is 1. The molecular formula is C20H23N3O2. The van der Waals surface area contributed by atoms with Gasteiger partial charge in [-0.1, -0.05) is 48.0 Å². The van der Waals surface area contributed by atoms with Crippen LogP contribution in [0, 0.1) is 6.92 Å². The Balaban J connectivity index is 1.52. The third kappa shape index (κ3) is 4.59. The number of nitrogens with zero attached hydrogens (tertiary/aromatic N) is 1. The molecule has 2 aromatic carbocycles.